The highest BCUT2D eigenvalue weighted by atomic mass is 19.1. The van der Waals surface area contributed by atoms with E-state index in [0.29, 0.717) is 19.5 Å². The van der Waals surface area contributed by atoms with Crippen molar-refractivity contribution in [2.45, 2.75) is 27.2 Å². The molecule has 1 fully saturated rings. The molecular weight excluding hydrogens is 307 g/mol. The number of ketones is 1. The molecule has 0 N–H and O–H groups in total. The van der Waals surface area contributed by atoms with Crippen LogP contribution in [0.4, 0.5) is 4.39 Å². The molecule has 124 valence electrons. The fraction of sp³-hybridized carbons (Fsp3) is 0.421. The summed E-state index contributed by atoms with van der Waals surface area (Å²) in [6.07, 6.45) is 2.29. The number of allylic oxidation sites excluding steroid dienone is 1. The van der Waals surface area contributed by atoms with Crippen molar-refractivity contribution in [1.29, 1.82) is 5.26 Å². The van der Waals surface area contributed by atoms with Crippen molar-refractivity contribution in [3.8, 4) is 6.07 Å². The van der Waals surface area contributed by atoms with Gasteiger partial charge in [0.15, 0.2) is 5.78 Å². The Kier molecular flexibility index (Phi) is 3.60. The van der Waals surface area contributed by atoms with Crippen LogP contribution in [0.2, 0.25) is 0 Å². The SMILES string of the molecule is Cc1ccc(F)c(C(=O)N2CC3(C=C(C#N)C(=O)C(C)(C)C3)C2)c1. The van der Waals surface area contributed by atoms with E-state index in [2.05, 4.69) is 0 Å². The Labute approximate surface area is 140 Å². The standard InChI is InChI=1S/C19H19FN2O2/c1-12-4-5-15(20)14(6-12)17(24)22-10-19(11-22)7-13(8-21)16(23)18(2,3)9-19/h4-7H,9-11H2,1-3H3. The second-order valence-electron chi connectivity index (χ2n) is 7.57. The lowest BCUT2D eigenvalue weighted by atomic mass is 9.61. The molecule has 0 bridgehead atoms. The number of aryl methyl sites for hydroxylation is 1. The van der Waals surface area contributed by atoms with Crippen molar-refractivity contribution >= 4 is 11.7 Å². The zero-order valence-electron chi connectivity index (χ0n) is 14.0. The van der Waals surface area contributed by atoms with E-state index in [-0.39, 0.29) is 28.2 Å². The first-order chi connectivity index (χ1) is 11.2. The van der Waals surface area contributed by atoms with Gasteiger partial charge in [0.05, 0.1) is 11.1 Å². The molecule has 0 atom stereocenters. The minimum atomic E-state index is -0.621. The lowest BCUT2D eigenvalue weighted by Gasteiger charge is -2.53. The third-order valence-electron chi connectivity index (χ3n) is 4.88. The maximum atomic E-state index is 13.9. The van der Waals surface area contributed by atoms with Crippen LogP contribution in [0, 0.1) is 34.9 Å². The number of Topliss-reactive ketones (excluding diaryl/α,β-unsaturated/α-hetero) is 1. The summed E-state index contributed by atoms with van der Waals surface area (Å²) < 4.78 is 13.9. The van der Waals surface area contributed by atoms with E-state index in [1.54, 1.807) is 23.1 Å². The number of nitrogens with zero attached hydrogens (tertiary/aromatic N) is 2. The van der Waals surface area contributed by atoms with Crippen molar-refractivity contribution in [2.75, 3.05) is 13.1 Å². The summed E-state index contributed by atoms with van der Waals surface area (Å²) in [5, 5.41) is 9.20. The second kappa shape index (κ2) is 5.27. The highest BCUT2D eigenvalue weighted by molar-refractivity contribution is 6.04. The average molecular weight is 326 g/mol. The van der Waals surface area contributed by atoms with E-state index in [4.69, 9.17) is 0 Å². The van der Waals surface area contributed by atoms with Gasteiger partial charge in [-0.3, -0.25) is 9.59 Å². The third-order valence-corrected chi connectivity index (χ3v) is 4.88. The zero-order chi connectivity index (χ0) is 17.7. The number of hydrogen-bond donors (Lipinski definition) is 0. The average Bonchev–Trinajstić information content (AvgIpc) is 2.49. The van der Waals surface area contributed by atoms with Crippen LogP contribution >= 0.6 is 0 Å². The molecule has 5 heteroatoms. The monoisotopic (exact) mass is 326 g/mol. The lowest BCUT2D eigenvalue weighted by molar-refractivity contribution is -0.127. The molecule has 0 aromatic heterocycles. The number of hydrogen-bond acceptors (Lipinski definition) is 3. The molecule has 1 heterocycles. The molecule has 1 amide bonds. The van der Waals surface area contributed by atoms with Gasteiger partial charge in [0, 0.05) is 23.9 Å². The minimum Gasteiger partial charge on any atom is -0.337 e. The van der Waals surface area contributed by atoms with Gasteiger partial charge in [0.25, 0.3) is 5.91 Å². The lowest BCUT2D eigenvalue weighted by Crippen LogP contribution is -2.61. The van der Waals surface area contributed by atoms with Gasteiger partial charge in [-0.15, -0.1) is 0 Å². The Morgan fingerprint density at radius 1 is 1.33 bits per heavy atom. The molecule has 24 heavy (non-hydrogen) atoms. The van der Waals surface area contributed by atoms with Crippen molar-refractivity contribution < 1.29 is 14.0 Å². The Hall–Kier alpha value is -2.48. The highest BCUT2D eigenvalue weighted by Crippen LogP contribution is 2.48. The number of rotatable bonds is 1. The third kappa shape index (κ3) is 2.52. The summed E-state index contributed by atoms with van der Waals surface area (Å²) in [6, 6.07) is 6.45. The first-order valence-electron chi connectivity index (χ1n) is 7.91. The Morgan fingerprint density at radius 2 is 2.00 bits per heavy atom. The van der Waals surface area contributed by atoms with E-state index in [0.717, 1.165) is 5.56 Å². The molecule has 3 rings (SSSR count). The smallest absolute Gasteiger partial charge is 0.256 e. The summed E-state index contributed by atoms with van der Waals surface area (Å²) in [4.78, 5) is 26.3. The number of halogens is 1. The van der Waals surface area contributed by atoms with Gasteiger partial charge in [-0.05, 0) is 25.5 Å². The van der Waals surface area contributed by atoms with E-state index >= 15 is 0 Å². The summed E-state index contributed by atoms with van der Waals surface area (Å²) in [5.74, 6) is -1.02. The molecule has 1 spiro atoms. The van der Waals surface area contributed by atoms with Gasteiger partial charge in [-0.25, -0.2) is 4.39 Å². The Morgan fingerprint density at radius 3 is 2.62 bits per heavy atom. The fourth-order valence-corrected chi connectivity index (χ4v) is 3.86. The van der Waals surface area contributed by atoms with Crippen LogP contribution in [0.5, 0.6) is 0 Å². The van der Waals surface area contributed by atoms with Crippen LogP contribution in [0.15, 0.2) is 29.8 Å². The maximum absolute atomic E-state index is 13.9. The summed E-state index contributed by atoms with van der Waals surface area (Å²) >= 11 is 0. The topological polar surface area (TPSA) is 61.2 Å². The maximum Gasteiger partial charge on any atom is 0.256 e. The molecule has 0 saturated carbocycles. The molecule has 1 aliphatic carbocycles. The highest BCUT2D eigenvalue weighted by Gasteiger charge is 2.52. The van der Waals surface area contributed by atoms with Crippen LogP contribution in [0.3, 0.4) is 0 Å². The summed E-state index contributed by atoms with van der Waals surface area (Å²) in [5.41, 5.74) is 0.0775. The molecule has 1 aromatic rings. The molecule has 2 aliphatic rings. The van der Waals surface area contributed by atoms with Crippen LogP contribution in [0.25, 0.3) is 0 Å². The van der Waals surface area contributed by atoms with Gasteiger partial charge in [0.2, 0.25) is 0 Å². The van der Waals surface area contributed by atoms with Crippen molar-refractivity contribution in [2.24, 2.45) is 10.8 Å². The fourth-order valence-electron chi connectivity index (χ4n) is 3.86. The summed E-state index contributed by atoms with van der Waals surface area (Å²) in [6.45, 7) is 6.27. The number of likely N-dealkylation sites (tertiary alicyclic amines) is 1. The van der Waals surface area contributed by atoms with Gasteiger partial charge >= 0.3 is 0 Å². The van der Waals surface area contributed by atoms with Crippen molar-refractivity contribution in [3.63, 3.8) is 0 Å². The van der Waals surface area contributed by atoms with Crippen molar-refractivity contribution in [1.82, 2.24) is 4.90 Å². The number of carbonyl (C=O) groups excluding carboxylic acids is 2. The number of carbonyl (C=O) groups is 2. The van der Waals surface area contributed by atoms with Crippen LogP contribution in [-0.2, 0) is 4.79 Å². The normalized spacial score (nSPS) is 21.0. The van der Waals surface area contributed by atoms with Crippen molar-refractivity contribution in [3.05, 3.63) is 46.8 Å². The van der Waals surface area contributed by atoms with Gasteiger partial charge in [-0.2, -0.15) is 5.26 Å². The molecule has 0 radical (unpaired) electrons. The molecule has 0 unspecified atom stereocenters. The van der Waals surface area contributed by atoms with E-state index in [1.807, 2.05) is 26.8 Å². The predicted octanol–water partition coefficient (Wildman–Crippen LogP) is 3.03. The van der Waals surface area contributed by atoms with Gasteiger partial charge in [-0.1, -0.05) is 31.6 Å². The van der Waals surface area contributed by atoms with E-state index in [9.17, 15) is 19.2 Å². The van der Waals surface area contributed by atoms with Crippen LogP contribution in [-0.4, -0.2) is 29.7 Å². The first kappa shape index (κ1) is 16.4. The largest absolute Gasteiger partial charge is 0.337 e. The molecule has 4 nitrogen and oxygen atoms in total. The first-order valence-corrected chi connectivity index (χ1v) is 7.91. The Balaban J connectivity index is 1.83. The van der Waals surface area contributed by atoms with Crippen LogP contribution < -0.4 is 0 Å². The van der Waals surface area contributed by atoms with E-state index in [1.165, 1.54) is 6.07 Å². The number of amides is 1. The molecular formula is C19H19FN2O2. The van der Waals surface area contributed by atoms with E-state index < -0.39 is 11.2 Å². The predicted molar refractivity (Wildman–Crippen MR) is 86.6 cm³/mol. The second-order valence-corrected chi connectivity index (χ2v) is 7.57. The number of benzene rings is 1. The minimum absolute atomic E-state index is 0.0699. The van der Waals surface area contributed by atoms with Crippen LogP contribution in [0.1, 0.15) is 36.2 Å². The molecule has 1 aromatic carbocycles. The van der Waals surface area contributed by atoms with Gasteiger partial charge in [0.1, 0.15) is 11.9 Å². The molecule has 1 saturated heterocycles. The quantitative estimate of drug-likeness (QED) is 0.797. The Bertz CT molecular complexity index is 811. The van der Waals surface area contributed by atoms with Gasteiger partial charge < -0.3 is 4.90 Å². The summed E-state index contributed by atoms with van der Waals surface area (Å²) in [7, 11) is 0. The molecule has 1 aliphatic heterocycles. The zero-order valence-corrected chi connectivity index (χ0v) is 14.0. The number of nitriles is 1.